The van der Waals surface area contributed by atoms with Crippen LogP contribution >= 0.6 is 0 Å². The molecule has 0 spiro atoms. The van der Waals surface area contributed by atoms with E-state index < -0.39 is 0 Å². The number of nitrogens with two attached hydrogens (primary N) is 1. The normalized spacial score (nSPS) is 28.7. The summed E-state index contributed by atoms with van der Waals surface area (Å²) in [6.45, 7) is 11.1. The first kappa shape index (κ1) is 19.0. The van der Waals surface area contributed by atoms with Gasteiger partial charge in [0.2, 0.25) is 0 Å². The number of piperidine rings is 1. The molecule has 1 amide bonds. The van der Waals surface area contributed by atoms with Crippen molar-refractivity contribution in [1.29, 1.82) is 0 Å². The molecule has 2 rings (SSSR count). The number of amidine groups is 1. The van der Waals surface area contributed by atoms with Crippen LogP contribution in [0.4, 0.5) is 0 Å². The van der Waals surface area contributed by atoms with E-state index in [-0.39, 0.29) is 30.2 Å². The number of likely N-dealkylation sites (tertiary alicyclic amines) is 1. The highest BCUT2D eigenvalue weighted by atomic mass is 16.6. The first-order chi connectivity index (χ1) is 11.3. The van der Waals surface area contributed by atoms with Gasteiger partial charge in [0.25, 0.3) is 5.91 Å². The lowest BCUT2D eigenvalue weighted by Gasteiger charge is -2.38. The Labute approximate surface area is 145 Å². The monoisotopic (exact) mass is 340 g/mol. The Hall–Kier alpha value is -1.34. The number of hydrogen-bond acceptors (Lipinski definition) is 5. The van der Waals surface area contributed by atoms with Crippen LogP contribution in [-0.4, -0.2) is 72.1 Å². The molecular weight excluding hydrogens is 308 g/mol. The maximum atomic E-state index is 12.3. The quantitative estimate of drug-likeness (QED) is 0.462. The van der Waals surface area contributed by atoms with E-state index in [1.165, 1.54) is 6.42 Å². The molecule has 0 bridgehead atoms. The van der Waals surface area contributed by atoms with Gasteiger partial charge in [0.1, 0.15) is 0 Å². The number of carbonyl (C=O) groups is 1. The fraction of sp³-hybridized carbons (Fsp3) is 0.882. The van der Waals surface area contributed by atoms with Crippen molar-refractivity contribution in [2.45, 2.75) is 64.6 Å². The van der Waals surface area contributed by atoms with E-state index in [0.717, 1.165) is 25.9 Å². The Morgan fingerprint density at radius 2 is 2.00 bits per heavy atom. The lowest BCUT2D eigenvalue weighted by Crippen LogP contribution is -2.50. The third-order valence-electron chi connectivity index (χ3n) is 4.74. The van der Waals surface area contributed by atoms with Crippen LogP contribution in [0.1, 0.15) is 47.0 Å². The van der Waals surface area contributed by atoms with Gasteiger partial charge in [-0.15, -0.1) is 0 Å². The van der Waals surface area contributed by atoms with E-state index in [4.69, 9.17) is 15.3 Å². The van der Waals surface area contributed by atoms with Crippen molar-refractivity contribution in [2.75, 3.05) is 32.8 Å². The summed E-state index contributed by atoms with van der Waals surface area (Å²) in [5.74, 6) is 0.374. The summed E-state index contributed by atoms with van der Waals surface area (Å²) in [5.41, 5.74) is 5.76. The molecule has 0 aromatic carbocycles. The minimum Gasteiger partial charge on any atom is -0.384 e. The molecule has 2 aliphatic rings. The Kier molecular flexibility index (Phi) is 6.46. The third kappa shape index (κ3) is 5.34. The molecule has 0 aromatic rings. The van der Waals surface area contributed by atoms with Crippen molar-refractivity contribution < 1.29 is 14.4 Å². The number of nitrogens with zero attached hydrogens (tertiary/aromatic N) is 3. The summed E-state index contributed by atoms with van der Waals surface area (Å²) in [6.07, 6.45) is 3.27. The summed E-state index contributed by atoms with van der Waals surface area (Å²) in [5, 5.41) is 3.92. The van der Waals surface area contributed by atoms with E-state index in [2.05, 4.69) is 37.8 Å². The lowest BCUT2D eigenvalue weighted by molar-refractivity contribution is -0.142. The minimum absolute atomic E-state index is 0.0150. The second-order valence-electron chi connectivity index (χ2n) is 7.60. The van der Waals surface area contributed by atoms with Crippen molar-refractivity contribution >= 4 is 11.7 Å². The van der Waals surface area contributed by atoms with Gasteiger partial charge >= 0.3 is 0 Å². The number of rotatable bonds is 5. The number of ether oxygens (including phenoxy) is 1. The molecule has 2 fully saturated rings. The van der Waals surface area contributed by atoms with Crippen LogP contribution in [0.25, 0.3) is 0 Å². The first-order valence-corrected chi connectivity index (χ1v) is 8.90. The lowest BCUT2D eigenvalue weighted by atomic mass is 9.97. The van der Waals surface area contributed by atoms with Crippen LogP contribution < -0.4 is 5.73 Å². The number of oxime groups is 1. The fourth-order valence-electron chi connectivity index (χ4n) is 3.66. The maximum Gasteiger partial charge on any atom is 0.263 e. The van der Waals surface area contributed by atoms with Crippen LogP contribution in [0, 0.1) is 0 Å². The Bertz CT molecular complexity index is 457. The Morgan fingerprint density at radius 1 is 1.33 bits per heavy atom. The molecule has 0 unspecified atom stereocenters. The standard InChI is InChI=1S/C17H32N4O3/c1-13-6-5-7-14(2)21(13)16(22)11-24-19-15(18)10-20-8-9-23-17(3,4)12-20/h13-14H,5-12H2,1-4H3,(H2,18,19)/t13-,14-/m0/s1. The highest BCUT2D eigenvalue weighted by Gasteiger charge is 2.29. The van der Waals surface area contributed by atoms with E-state index in [9.17, 15) is 4.79 Å². The highest BCUT2D eigenvalue weighted by Crippen LogP contribution is 2.22. The number of hydrogen-bond donors (Lipinski definition) is 1. The predicted octanol–water partition coefficient (Wildman–Crippen LogP) is 1.18. The van der Waals surface area contributed by atoms with Gasteiger partial charge in [-0.05, 0) is 47.0 Å². The van der Waals surface area contributed by atoms with Crippen LogP contribution in [0.2, 0.25) is 0 Å². The molecule has 0 aliphatic carbocycles. The van der Waals surface area contributed by atoms with E-state index in [1.54, 1.807) is 0 Å². The SMILES string of the molecule is C[C@H]1CCC[C@H](C)N1C(=O)CO/N=C(\N)CN1CCOC(C)(C)C1. The molecule has 2 aliphatic heterocycles. The van der Waals surface area contributed by atoms with E-state index >= 15 is 0 Å². The van der Waals surface area contributed by atoms with Crippen molar-refractivity contribution in [2.24, 2.45) is 10.9 Å². The summed E-state index contributed by atoms with van der Waals surface area (Å²) < 4.78 is 5.67. The second-order valence-corrected chi connectivity index (χ2v) is 7.60. The van der Waals surface area contributed by atoms with Gasteiger partial charge in [-0.2, -0.15) is 0 Å². The molecule has 2 atom stereocenters. The van der Waals surface area contributed by atoms with Gasteiger partial charge < -0.3 is 20.2 Å². The average Bonchev–Trinajstić information content (AvgIpc) is 2.45. The van der Waals surface area contributed by atoms with Crippen molar-refractivity contribution in [1.82, 2.24) is 9.80 Å². The van der Waals surface area contributed by atoms with Gasteiger partial charge in [-0.25, -0.2) is 0 Å². The molecule has 0 saturated carbocycles. The summed E-state index contributed by atoms with van der Waals surface area (Å²) in [4.78, 5) is 21.7. The second kappa shape index (κ2) is 8.16. The highest BCUT2D eigenvalue weighted by molar-refractivity contribution is 5.82. The zero-order valence-corrected chi connectivity index (χ0v) is 15.5. The van der Waals surface area contributed by atoms with Gasteiger partial charge in [0.05, 0.1) is 18.8 Å². The van der Waals surface area contributed by atoms with Gasteiger partial charge in [0, 0.05) is 25.2 Å². The summed E-state index contributed by atoms with van der Waals surface area (Å²) >= 11 is 0. The molecule has 2 saturated heterocycles. The predicted molar refractivity (Wildman–Crippen MR) is 93.7 cm³/mol. The van der Waals surface area contributed by atoms with Crippen molar-refractivity contribution in [3.8, 4) is 0 Å². The number of amides is 1. The summed E-state index contributed by atoms with van der Waals surface area (Å²) in [6, 6.07) is 0.531. The number of morpholine rings is 1. The van der Waals surface area contributed by atoms with Crippen molar-refractivity contribution in [3.05, 3.63) is 0 Å². The van der Waals surface area contributed by atoms with Crippen LogP contribution in [0.5, 0.6) is 0 Å². The molecular formula is C17H32N4O3. The summed E-state index contributed by atoms with van der Waals surface area (Å²) in [7, 11) is 0. The number of carbonyl (C=O) groups excluding carboxylic acids is 1. The van der Waals surface area contributed by atoms with Crippen LogP contribution in [-0.2, 0) is 14.4 Å². The van der Waals surface area contributed by atoms with Gasteiger partial charge in [-0.3, -0.25) is 9.69 Å². The van der Waals surface area contributed by atoms with Crippen molar-refractivity contribution in [3.63, 3.8) is 0 Å². The zero-order chi connectivity index (χ0) is 17.7. The molecule has 2 heterocycles. The fourth-order valence-corrected chi connectivity index (χ4v) is 3.66. The van der Waals surface area contributed by atoms with Gasteiger partial charge in [-0.1, -0.05) is 5.16 Å². The molecule has 0 aromatic heterocycles. The molecule has 138 valence electrons. The maximum absolute atomic E-state index is 12.3. The molecule has 7 heteroatoms. The first-order valence-electron chi connectivity index (χ1n) is 8.90. The van der Waals surface area contributed by atoms with Gasteiger partial charge in [0.15, 0.2) is 12.4 Å². The zero-order valence-electron chi connectivity index (χ0n) is 15.5. The average molecular weight is 340 g/mol. The van der Waals surface area contributed by atoms with E-state index in [0.29, 0.717) is 19.0 Å². The minimum atomic E-state index is -0.171. The topological polar surface area (TPSA) is 80.4 Å². The third-order valence-corrected chi connectivity index (χ3v) is 4.74. The molecule has 7 nitrogen and oxygen atoms in total. The molecule has 2 N–H and O–H groups in total. The molecule has 0 radical (unpaired) electrons. The van der Waals surface area contributed by atoms with Crippen LogP contribution in [0.15, 0.2) is 5.16 Å². The smallest absolute Gasteiger partial charge is 0.263 e. The molecule has 24 heavy (non-hydrogen) atoms. The van der Waals surface area contributed by atoms with Crippen LogP contribution in [0.3, 0.4) is 0 Å². The largest absolute Gasteiger partial charge is 0.384 e. The van der Waals surface area contributed by atoms with E-state index in [1.807, 2.05) is 4.90 Å². The Balaban J connectivity index is 1.77. The Morgan fingerprint density at radius 3 is 2.62 bits per heavy atom.